The van der Waals surface area contributed by atoms with E-state index in [1.54, 1.807) is 31.2 Å². The molecular weight excluding hydrogens is 374 g/mol. The number of carbonyl (C=O) groups is 1. The summed E-state index contributed by atoms with van der Waals surface area (Å²) in [7, 11) is -3.32. The van der Waals surface area contributed by atoms with Gasteiger partial charge in [-0.3, -0.25) is 14.4 Å². The van der Waals surface area contributed by atoms with Gasteiger partial charge < -0.3 is 5.32 Å². The second-order valence-electron chi connectivity index (χ2n) is 7.02. The quantitative estimate of drug-likeness (QED) is 0.713. The fourth-order valence-corrected chi connectivity index (χ4v) is 3.92. The molecule has 1 aliphatic heterocycles. The van der Waals surface area contributed by atoms with Crippen LogP contribution in [0.15, 0.2) is 48.5 Å². The highest BCUT2D eigenvalue weighted by molar-refractivity contribution is 7.92. The number of sulfonamides is 1. The Labute approximate surface area is 167 Å². The number of likely N-dealkylation sites (tertiary alicyclic amines) is 1. The van der Waals surface area contributed by atoms with Crippen LogP contribution < -0.4 is 10.0 Å². The smallest absolute Gasteiger partial charge is 0.251 e. The molecule has 1 saturated heterocycles. The fraction of sp³-hybridized carbons (Fsp3) is 0.381. The van der Waals surface area contributed by atoms with E-state index < -0.39 is 10.0 Å². The lowest BCUT2D eigenvalue weighted by atomic mass is 10.1. The van der Waals surface area contributed by atoms with Crippen LogP contribution in [0.2, 0.25) is 0 Å². The average Bonchev–Trinajstić information content (AvgIpc) is 3.20. The molecule has 0 aromatic heterocycles. The van der Waals surface area contributed by atoms with Crippen molar-refractivity contribution in [1.82, 2.24) is 10.2 Å². The summed E-state index contributed by atoms with van der Waals surface area (Å²) in [4.78, 5) is 14.9. The van der Waals surface area contributed by atoms with Crippen LogP contribution in [0, 0.1) is 0 Å². The Bertz CT molecular complexity index is 905. The van der Waals surface area contributed by atoms with E-state index >= 15 is 0 Å². The van der Waals surface area contributed by atoms with Crippen molar-refractivity contribution < 1.29 is 13.2 Å². The van der Waals surface area contributed by atoms with Crippen molar-refractivity contribution in [3.8, 4) is 0 Å². The Hall–Kier alpha value is -2.38. The Kier molecular flexibility index (Phi) is 6.70. The van der Waals surface area contributed by atoms with E-state index in [1.807, 2.05) is 18.2 Å². The predicted octanol–water partition coefficient (Wildman–Crippen LogP) is 2.97. The number of nitrogens with one attached hydrogen (secondary N) is 2. The molecule has 1 heterocycles. The molecule has 1 amide bonds. The lowest BCUT2D eigenvalue weighted by molar-refractivity contribution is 0.0951. The molecular formula is C21H27N3O3S. The zero-order valence-corrected chi connectivity index (χ0v) is 17.0. The van der Waals surface area contributed by atoms with Crippen LogP contribution in [-0.4, -0.2) is 38.1 Å². The van der Waals surface area contributed by atoms with Crippen LogP contribution >= 0.6 is 0 Å². The molecule has 7 heteroatoms. The first-order valence-electron chi connectivity index (χ1n) is 9.65. The minimum Gasteiger partial charge on any atom is -0.348 e. The average molecular weight is 402 g/mol. The van der Waals surface area contributed by atoms with E-state index in [4.69, 9.17) is 0 Å². The molecule has 2 N–H and O–H groups in total. The number of benzene rings is 2. The highest BCUT2D eigenvalue weighted by Crippen LogP contribution is 2.16. The van der Waals surface area contributed by atoms with Gasteiger partial charge in [-0.2, -0.15) is 0 Å². The van der Waals surface area contributed by atoms with E-state index in [0.717, 1.165) is 25.2 Å². The van der Waals surface area contributed by atoms with Crippen molar-refractivity contribution in [3.05, 3.63) is 65.2 Å². The topological polar surface area (TPSA) is 78.5 Å². The number of hydrogen-bond acceptors (Lipinski definition) is 4. The van der Waals surface area contributed by atoms with E-state index in [0.29, 0.717) is 17.8 Å². The maximum Gasteiger partial charge on any atom is 0.251 e. The largest absolute Gasteiger partial charge is 0.348 e. The molecule has 0 radical (unpaired) electrons. The summed E-state index contributed by atoms with van der Waals surface area (Å²) >= 11 is 0. The zero-order chi connectivity index (χ0) is 20.0. The highest BCUT2D eigenvalue weighted by Gasteiger charge is 2.14. The van der Waals surface area contributed by atoms with Crippen LogP contribution in [0.4, 0.5) is 5.69 Å². The predicted molar refractivity (Wildman–Crippen MR) is 112 cm³/mol. The van der Waals surface area contributed by atoms with Gasteiger partial charge in [-0.05, 0) is 68.2 Å². The second kappa shape index (κ2) is 9.21. The van der Waals surface area contributed by atoms with Crippen molar-refractivity contribution in [3.63, 3.8) is 0 Å². The van der Waals surface area contributed by atoms with Gasteiger partial charge >= 0.3 is 0 Å². The molecule has 2 aromatic rings. The highest BCUT2D eigenvalue weighted by atomic mass is 32.2. The molecule has 1 fully saturated rings. The van der Waals surface area contributed by atoms with Crippen LogP contribution in [-0.2, 0) is 23.1 Å². The van der Waals surface area contributed by atoms with Crippen molar-refractivity contribution in [2.75, 3.05) is 23.6 Å². The summed E-state index contributed by atoms with van der Waals surface area (Å²) in [6.07, 6.45) is 2.51. The Morgan fingerprint density at radius 1 is 1.00 bits per heavy atom. The first-order chi connectivity index (χ1) is 13.5. The molecule has 1 aliphatic rings. The van der Waals surface area contributed by atoms with Gasteiger partial charge in [0.05, 0.1) is 5.75 Å². The van der Waals surface area contributed by atoms with Gasteiger partial charge in [-0.25, -0.2) is 8.42 Å². The second-order valence-corrected chi connectivity index (χ2v) is 9.03. The Morgan fingerprint density at radius 2 is 1.64 bits per heavy atom. The molecule has 28 heavy (non-hydrogen) atoms. The fourth-order valence-electron chi connectivity index (χ4n) is 3.28. The summed E-state index contributed by atoms with van der Waals surface area (Å²) in [6.45, 7) is 5.22. The number of hydrogen-bond donors (Lipinski definition) is 2. The monoisotopic (exact) mass is 401 g/mol. The summed E-state index contributed by atoms with van der Waals surface area (Å²) < 4.78 is 25.7. The van der Waals surface area contributed by atoms with Crippen molar-refractivity contribution in [2.24, 2.45) is 0 Å². The Morgan fingerprint density at radius 3 is 2.29 bits per heavy atom. The normalized spacial score (nSPS) is 14.8. The third kappa shape index (κ3) is 5.56. The van der Waals surface area contributed by atoms with Gasteiger partial charge in [-0.1, -0.05) is 24.3 Å². The Balaban J connectivity index is 1.60. The van der Waals surface area contributed by atoms with Gasteiger partial charge in [0.25, 0.3) is 5.91 Å². The molecule has 2 aromatic carbocycles. The van der Waals surface area contributed by atoms with Gasteiger partial charge in [0.1, 0.15) is 0 Å². The molecule has 150 valence electrons. The number of nitrogens with zero attached hydrogens (tertiary/aromatic N) is 1. The number of carbonyl (C=O) groups excluding carboxylic acids is 1. The molecule has 0 saturated carbocycles. The van der Waals surface area contributed by atoms with E-state index in [9.17, 15) is 13.2 Å². The van der Waals surface area contributed by atoms with Crippen molar-refractivity contribution in [2.45, 2.75) is 32.9 Å². The van der Waals surface area contributed by atoms with E-state index in [1.165, 1.54) is 18.4 Å². The lowest BCUT2D eigenvalue weighted by Gasteiger charge is -2.17. The van der Waals surface area contributed by atoms with Gasteiger partial charge in [0.2, 0.25) is 10.0 Å². The first-order valence-corrected chi connectivity index (χ1v) is 11.3. The van der Waals surface area contributed by atoms with E-state index in [2.05, 4.69) is 21.0 Å². The van der Waals surface area contributed by atoms with Gasteiger partial charge in [-0.15, -0.1) is 0 Å². The van der Waals surface area contributed by atoms with Gasteiger partial charge in [0.15, 0.2) is 0 Å². The maximum atomic E-state index is 12.5. The van der Waals surface area contributed by atoms with Crippen molar-refractivity contribution >= 4 is 21.6 Å². The number of rotatable bonds is 8. The van der Waals surface area contributed by atoms with Crippen molar-refractivity contribution in [1.29, 1.82) is 0 Å². The maximum absolute atomic E-state index is 12.5. The van der Waals surface area contributed by atoms with Crippen LogP contribution in [0.5, 0.6) is 0 Å². The SMILES string of the molecule is CCS(=O)(=O)Nc1ccc(C(=O)NCc2ccccc2CN2CCCC2)cc1. The molecule has 6 nitrogen and oxygen atoms in total. The summed E-state index contributed by atoms with van der Waals surface area (Å²) in [5.41, 5.74) is 3.31. The summed E-state index contributed by atoms with van der Waals surface area (Å²) in [5, 5.41) is 2.96. The molecule has 3 rings (SSSR count). The standard InChI is InChI=1S/C21H27N3O3S/c1-2-28(26,27)23-20-11-9-17(10-12-20)21(25)22-15-18-7-3-4-8-19(18)16-24-13-5-6-14-24/h3-4,7-12,23H,2,5-6,13-16H2,1H3,(H,22,25). The van der Waals surface area contributed by atoms with Crippen LogP contribution in [0.3, 0.4) is 0 Å². The lowest BCUT2D eigenvalue weighted by Crippen LogP contribution is -2.25. The minimum absolute atomic E-state index is 0.00603. The summed E-state index contributed by atoms with van der Waals surface area (Å²) in [6, 6.07) is 14.6. The molecule has 0 unspecified atom stereocenters. The third-order valence-electron chi connectivity index (χ3n) is 4.95. The zero-order valence-electron chi connectivity index (χ0n) is 16.1. The number of anilines is 1. The molecule has 0 aliphatic carbocycles. The third-order valence-corrected chi connectivity index (χ3v) is 6.26. The molecule has 0 bridgehead atoms. The van der Waals surface area contributed by atoms with E-state index in [-0.39, 0.29) is 11.7 Å². The van der Waals surface area contributed by atoms with Gasteiger partial charge in [0, 0.05) is 24.3 Å². The first kappa shape index (κ1) is 20.4. The van der Waals surface area contributed by atoms with Crippen LogP contribution in [0.25, 0.3) is 0 Å². The van der Waals surface area contributed by atoms with Crippen LogP contribution in [0.1, 0.15) is 41.3 Å². The molecule has 0 atom stereocenters. The summed E-state index contributed by atoms with van der Waals surface area (Å²) in [5.74, 6) is -0.174. The minimum atomic E-state index is -3.32. The molecule has 0 spiro atoms. The number of amides is 1.